The molecule has 1 rings (SSSR count). The molecule has 0 aromatic rings. The summed E-state index contributed by atoms with van der Waals surface area (Å²) in [6.07, 6.45) is 1.19. The van der Waals surface area contributed by atoms with E-state index in [4.69, 9.17) is 0 Å². The number of nitrogens with one attached hydrogen (secondary N) is 1. The first-order valence-electron chi connectivity index (χ1n) is 6.77. The Bertz CT molecular complexity index is 270. The maximum Gasteiger partial charge on any atom is 0.216 e. The highest BCUT2D eigenvalue weighted by Gasteiger charge is 2.42. The minimum atomic E-state index is 0.0828. The third kappa shape index (κ3) is 3.44. The minimum absolute atomic E-state index is 0.0828. The summed E-state index contributed by atoms with van der Waals surface area (Å²) >= 11 is 0. The van der Waals surface area contributed by atoms with Crippen molar-refractivity contribution in [1.29, 1.82) is 0 Å². The Morgan fingerprint density at radius 1 is 1.41 bits per heavy atom. The van der Waals surface area contributed by atoms with Gasteiger partial charge in [-0.25, -0.2) is 0 Å². The van der Waals surface area contributed by atoms with Gasteiger partial charge < -0.3 is 5.32 Å². The topological polar surface area (TPSA) is 32.3 Å². The average Bonchev–Trinajstić information content (AvgIpc) is 2.51. The van der Waals surface area contributed by atoms with Crippen LogP contribution in [-0.2, 0) is 4.79 Å². The Labute approximate surface area is 106 Å². The zero-order valence-electron chi connectivity index (χ0n) is 12.2. The van der Waals surface area contributed by atoms with Crippen LogP contribution in [-0.4, -0.2) is 36.0 Å². The number of hydrogen-bond donors (Lipinski definition) is 1. The molecule has 1 N–H and O–H groups in total. The van der Waals surface area contributed by atoms with Crippen molar-refractivity contribution in [3.8, 4) is 0 Å². The Balaban J connectivity index is 2.69. The first kappa shape index (κ1) is 14.5. The molecule has 1 heterocycles. The molecule has 3 heteroatoms. The predicted octanol–water partition coefficient (Wildman–Crippen LogP) is 2.27. The van der Waals surface area contributed by atoms with E-state index in [1.807, 2.05) is 0 Å². The summed E-state index contributed by atoms with van der Waals surface area (Å²) in [5, 5.41) is 2.97. The van der Waals surface area contributed by atoms with Gasteiger partial charge in [0.2, 0.25) is 5.91 Å². The van der Waals surface area contributed by atoms with Crippen LogP contribution in [0.15, 0.2) is 0 Å². The number of amides is 1. The van der Waals surface area contributed by atoms with Gasteiger partial charge in [0.05, 0.1) is 0 Å². The molecule has 1 aliphatic rings. The van der Waals surface area contributed by atoms with Gasteiger partial charge in [-0.2, -0.15) is 0 Å². The maximum atomic E-state index is 11.0. The highest BCUT2D eigenvalue weighted by Crippen LogP contribution is 2.38. The number of rotatable bonds is 3. The van der Waals surface area contributed by atoms with Crippen LogP contribution in [0.5, 0.6) is 0 Å². The third-order valence-electron chi connectivity index (χ3n) is 4.11. The van der Waals surface area contributed by atoms with Crippen LogP contribution in [0.1, 0.15) is 48.0 Å². The number of carbonyl (C=O) groups excluding carboxylic acids is 1. The second-order valence-corrected chi connectivity index (χ2v) is 6.39. The molecule has 1 aliphatic heterocycles. The molecule has 0 bridgehead atoms. The van der Waals surface area contributed by atoms with Gasteiger partial charge in [-0.1, -0.05) is 27.7 Å². The van der Waals surface area contributed by atoms with Gasteiger partial charge in [0.25, 0.3) is 0 Å². The van der Waals surface area contributed by atoms with Crippen LogP contribution >= 0.6 is 0 Å². The first-order chi connectivity index (χ1) is 7.77. The standard InChI is InChI=1S/C14H28N2O/c1-7-16-10(2)12(9-15-11(3)17)8-13(16)14(4,5)6/h10,12-13H,7-9H2,1-6H3,(H,15,17)/t10-,12-,13+/m1/s1. The van der Waals surface area contributed by atoms with E-state index in [1.54, 1.807) is 6.92 Å². The molecule has 0 aromatic carbocycles. The number of nitrogens with zero attached hydrogens (tertiary/aromatic N) is 1. The van der Waals surface area contributed by atoms with Crippen molar-refractivity contribution >= 4 is 5.91 Å². The van der Waals surface area contributed by atoms with E-state index in [9.17, 15) is 4.79 Å². The Morgan fingerprint density at radius 2 is 2.00 bits per heavy atom. The Kier molecular flexibility index (Phi) is 4.59. The molecule has 0 aromatic heterocycles. The van der Waals surface area contributed by atoms with Gasteiger partial charge in [0.15, 0.2) is 0 Å². The van der Waals surface area contributed by atoms with Crippen LogP contribution in [0.25, 0.3) is 0 Å². The van der Waals surface area contributed by atoms with Crippen molar-refractivity contribution in [1.82, 2.24) is 10.2 Å². The molecule has 1 fully saturated rings. The van der Waals surface area contributed by atoms with Crippen molar-refractivity contribution in [3.05, 3.63) is 0 Å². The summed E-state index contributed by atoms with van der Waals surface area (Å²) in [5.41, 5.74) is 0.315. The van der Waals surface area contributed by atoms with E-state index in [2.05, 4.69) is 44.8 Å². The van der Waals surface area contributed by atoms with Gasteiger partial charge in [-0.05, 0) is 31.2 Å². The zero-order valence-corrected chi connectivity index (χ0v) is 12.2. The van der Waals surface area contributed by atoms with E-state index in [0.29, 0.717) is 23.4 Å². The fourth-order valence-electron chi connectivity index (χ4n) is 3.06. The normalized spacial score (nSPS) is 30.6. The van der Waals surface area contributed by atoms with E-state index in [1.165, 1.54) is 6.42 Å². The van der Waals surface area contributed by atoms with Gasteiger partial charge in [0, 0.05) is 25.6 Å². The summed E-state index contributed by atoms with van der Waals surface area (Å²) in [4.78, 5) is 13.6. The monoisotopic (exact) mass is 240 g/mol. The molecule has 0 aliphatic carbocycles. The lowest BCUT2D eigenvalue weighted by Crippen LogP contribution is -2.42. The van der Waals surface area contributed by atoms with Crippen LogP contribution in [0.2, 0.25) is 0 Å². The molecule has 3 nitrogen and oxygen atoms in total. The first-order valence-corrected chi connectivity index (χ1v) is 6.77. The summed E-state index contributed by atoms with van der Waals surface area (Å²) < 4.78 is 0. The maximum absolute atomic E-state index is 11.0. The fourth-order valence-corrected chi connectivity index (χ4v) is 3.06. The predicted molar refractivity (Wildman–Crippen MR) is 71.9 cm³/mol. The van der Waals surface area contributed by atoms with Gasteiger partial charge in [-0.15, -0.1) is 0 Å². The van der Waals surface area contributed by atoms with Gasteiger partial charge >= 0.3 is 0 Å². The summed E-state index contributed by atoms with van der Waals surface area (Å²) in [7, 11) is 0. The molecule has 1 saturated heterocycles. The summed E-state index contributed by atoms with van der Waals surface area (Å²) in [6.45, 7) is 15.0. The van der Waals surface area contributed by atoms with Crippen LogP contribution in [0.3, 0.4) is 0 Å². The van der Waals surface area contributed by atoms with E-state index in [-0.39, 0.29) is 5.91 Å². The van der Waals surface area contributed by atoms with Crippen molar-refractivity contribution in [3.63, 3.8) is 0 Å². The van der Waals surface area contributed by atoms with Gasteiger partial charge in [-0.3, -0.25) is 9.69 Å². The molecule has 3 atom stereocenters. The quantitative estimate of drug-likeness (QED) is 0.821. The highest BCUT2D eigenvalue weighted by molar-refractivity contribution is 5.72. The van der Waals surface area contributed by atoms with Crippen molar-refractivity contribution in [2.45, 2.75) is 60.0 Å². The van der Waals surface area contributed by atoms with Crippen molar-refractivity contribution in [2.75, 3.05) is 13.1 Å². The van der Waals surface area contributed by atoms with E-state index < -0.39 is 0 Å². The number of hydrogen-bond acceptors (Lipinski definition) is 2. The third-order valence-corrected chi connectivity index (χ3v) is 4.11. The van der Waals surface area contributed by atoms with Crippen molar-refractivity contribution in [2.24, 2.45) is 11.3 Å². The highest BCUT2D eigenvalue weighted by atomic mass is 16.1. The largest absolute Gasteiger partial charge is 0.356 e. The van der Waals surface area contributed by atoms with Crippen molar-refractivity contribution < 1.29 is 4.79 Å². The molecule has 0 radical (unpaired) electrons. The van der Waals surface area contributed by atoms with Crippen LogP contribution in [0, 0.1) is 11.3 Å². The molecule has 17 heavy (non-hydrogen) atoms. The van der Waals surface area contributed by atoms with Crippen LogP contribution < -0.4 is 5.32 Å². The second kappa shape index (κ2) is 5.38. The molecular weight excluding hydrogens is 212 g/mol. The van der Waals surface area contributed by atoms with Gasteiger partial charge in [0.1, 0.15) is 0 Å². The molecule has 0 unspecified atom stereocenters. The minimum Gasteiger partial charge on any atom is -0.356 e. The Morgan fingerprint density at radius 3 is 2.35 bits per heavy atom. The molecule has 1 amide bonds. The lowest BCUT2D eigenvalue weighted by Gasteiger charge is -2.36. The fraction of sp³-hybridized carbons (Fsp3) is 0.929. The molecule has 0 saturated carbocycles. The number of likely N-dealkylation sites (tertiary alicyclic amines) is 1. The van der Waals surface area contributed by atoms with E-state index >= 15 is 0 Å². The molecule has 0 spiro atoms. The smallest absolute Gasteiger partial charge is 0.216 e. The zero-order chi connectivity index (χ0) is 13.2. The SMILES string of the molecule is CCN1[C@H](C)[C@@H](CNC(C)=O)C[C@H]1C(C)(C)C. The van der Waals surface area contributed by atoms with Crippen LogP contribution in [0.4, 0.5) is 0 Å². The average molecular weight is 240 g/mol. The summed E-state index contributed by atoms with van der Waals surface area (Å²) in [5.74, 6) is 0.669. The number of carbonyl (C=O) groups is 1. The summed E-state index contributed by atoms with van der Waals surface area (Å²) in [6, 6.07) is 1.19. The van der Waals surface area contributed by atoms with E-state index in [0.717, 1.165) is 13.1 Å². The second-order valence-electron chi connectivity index (χ2n) is 6.39. The molecular formula is C14H28N2O. The molecule has 100 valence electrons. The Hall–Kier alpha value is -0.570. The lowest BCUT2D eigenvalue weighted by atomic mass is 9.83. The lowest BCUT2D eigenvalue weighted by molar-refractivity contribution is -0.119.